The Morgan fingerprint density at radius 1 is 1.42 bits per heavy atom. The van der Waals surface area contributed by atoms with Crippen LogP contribution < -0.4 is 15.5 Å². The van der Waals surface area contributed by atoms with Gasteiger partial charge in [-0.2, -0.15) is 0 Å². The number of hydrogen-bond acceptors (Lipinski definition) is 3. The van der Waals surface area contributed by atoms with Gasteiger partial charge in [-0.3, -0.25) is 4.79 Å². The zero-order valence-electron chi connectivity index (χ0n) is 11.4. The molecule has 5 heteroatoms. The van der Waals surface area contributed by atoms with Crippen molar-refractivity contribution in [1.29, 1.82) is 0 Å². The first kappa shape index (κ1) is 14.3. The molecule has 1 heterocycles. The van der Waals surface area contributed by atoms with E-state index in [0.717, 1.165) is 35.4 Å². The fourth-order valence-corrected chi connectivity index (χ4v) is 3.28. The number of amides is 1. The molecule has 1 aliphatic rings. The first-order chi connectivity index (χ1) is 9.04. The summed E-state index contributed by atoms with van der Waals surface area (Å²) >= 11 is 3.59. The topological polar surface area (TPSA) is 49.6 Å². The molecule has 1 aromatic carbocycles. The number of anilines is 2. The van der Waals surface area contributed by atoms with Crippen molar-refractivity contribution in [2.45, 2.75) is 19.8 Å². The summed E-state index contributed by atoms with van der Waals surface area (Å²) in [5.74, 6) is 0.154. The molecule has 19 heavy (non-hydrogen) atoms. The Bertz CT molecular complexity index is 490. The van der Waals surface area contributed by atoms with E-state index in [2.05, 4.69) is 39.9 Å². The predicted molar refractivity (Wildman–Crippen MR) is 82.8 cm³/mol. The molecule has 0 saturated carbocycles. The van der Waals surface area contributed by atoms with Gasteiger partial charge in [0.1, 0.15) is 0 Å². The van der Waals surface area contributed by atoms with E-state index in [1.54, 1.807) is 4.90 Å². The number of carbonyl (C=O) groups excluding carboxylic acids is 1. The van der Waals surface area contributed by atoms with E-state index in [4.69, 9.17) is 5.73 Å². The summed E-state index contributed by atoms with van der Waals surface area (Å²) < 4.78 is 0.970. The maximum atomic E-state index is 12.1. The van der Waals surface area contributed by atoms with Crippen LogP contribution >= 0.6 is 15.9 Å². The molecule has 0 unspecified atom stereocenters. The van der Waals surface area contributed by atoms with Crippen LogP contribution in [0.5, 0.6) is 0 Å². The monoisotopic (exact) mass is 325 g/mol. The van der Waals surface area contributed by atoms with Gasteiger partial charge < -0.3 is 15.5 Å². The second-order valence-corrected chi connectivity index (χ2v) is 5.80. The Hall–Kier alpha value is -1.07. The van der Waals surface area contributed by atoms with Gasteiger partial charge >= 0.3 is 0 Å². The van der Waals surface area contributed by atoms with Crippen LogP contribution in [0.4, 0.5) is 11.4 Å². The van der Waals surface area contributed by atoms with Crippen LogP contribution in [0.3, 0.4) is 0 Å². The van der Waals surface area contributed by atoms with E-state index in [-0.39, 0.29) is 5.91 Å². The Kier molecular flexibility index (Phi) is 4.47. The lowest BCUT2D eigenvalue weighted by Gasteiger charge is -2.26. The first-order valence-electron chi connectivity index (χ1n) is 6.56. The van der Waals surface area contributed by atoms with E-state index < -0.39 is 0 Å². The molecule has 1 aromatic rings. The van der Waals surface area contributed by atoms with Crippen LogP contribution in [-0.2, 0) is 4.79 Å². The van der Waals surface area contributed by atoms with Crippen LogP contribution in [0, 0.1) is 6.92 Å². The average molecular weight is 326 g/mol. The van der Waals surface area contributed by atoms with Gasteiger partial charge in [-0.1, -0.05) is 0 Å². The van der Waals surface area contributed by atoms with Crippen molar-refractivity contribution in [1.82, 2.24) is 0 Å². The second-order valence-electron chi connectivity index (χ2n) is 4.95. The summed E-state index contributed by atoms with van der Waals surface area (Å²) in [6.45, 7) is 4.38. The zero-order valence-corrected chi connectivity index (χ0v) is 13.0. The molecule has 2 rings (SSSR count). The van der Waals surface area contributed by atoms with Crippen molar-refractivity contribution in [2.75, 3.05) is 36.5 Å². The molecule has 0 fully saturated rings. The highest BCUT2D eigenvalue weighted by atomic mass is 79.9. The lowest BCUT2D eigenvalue weighted by molar-refractivity contribution is -0.118. The lowest BCUT2D eigenvalue weighted by Crippen LogP contribution is -2.27. The molecule has 0 aromatic heterocycles. The molecular formula is C14H20BrN3O. The maximum absolute atomic E-state index is 12.1. The third kappa shape index (κ3) is 2.92. The van der Waals surface area contributed by atoms with Gasteiger partial charge in [-0.15, -0.1) is 0 Å². The van der Waals surface area contributed by atoms with Crippen molar-refractivity contribution < 1.29 is 4.79 Å². The normalized spacial score (nSPS) is 15.5. The Morgan fingerprint density at radius 2 is 2.16 bits per heavy atom. The number of nitrogens with two attached hydrogens (primary N) is 1. The SMILES string of the molecule is Cc1cc(Br)c2c(c1)N(CCCN)CCC(=O)N2C. The highest BCUT2D eigenvalue weighted by molar-refractivity contribution is 9.10. The van der Waals surface area contributed by atoms with E-state index in [9.17, 15) is 4.79 Å². The third-order valence-electron chi connectivity index (χ3n) is 3.47. The molecule has 0 spiro atoms. The molecule has 1 amide bonds. The van der Waals surface area contributed by atoms with Crippen LogP contribution in [0.15, 0.2) is 16.6 Å². The van der Waals surface area contributed by atoms with Gasteiger partial charge in [0.15, 0.2) is 0 Å². The first-order valence-corrected chi connectivity index (χ1v) is 7.35. The van der Waals surface area contributed by atoms with Crippen LogP contribution in [0.25, 0.3) is 0 Å². The number of nitrogens with zero attached hydrogens (tertiary/aromatic N) is 2. The van der Waals surface area contributed by atoms with Crippen molar-refractivity contribution in [3.05, 3.63) is 22.2 Å². The van der Waals surface area contributed by atoms with Gasteiger partial charge in [0.25, 0.3) is 0 Å². The highest BCUT2D eigenvalue weighted by Crippen LogP contribution is 2.39. The van der Waals surface area contributed by atoms with Gasteiger partial charge in [0, 0.05) is 31.0 Å². The molecule has 4 nitrogen and oxygen atoms in total. The standard InChI is InChI=1S/C14H20BrN3O/c1-10-8-11(15)14-12(9-10)18(6-3-5-16)7-4-13(19)17(14)2/h8-9H,3-7,16H2,1-2H3. The summed E-state index contributed by atoms with van der Waals surface area (Å²) in [4.78, 5) is 16.1. The number of benzene rings is 1. The minimum absolute atomic E-state index is 0.154. The van der Waals surface area contributed by atoms with Gasteiger partial charge in [-0.25, -0.2) is 0 Å². The van der Waals surface area contributed by atoms with Gasteiger partial charge in [-0.05, 0) is 53.5 Å². The predicted octanol–water partition coefficient (Wildman–Crippen LogP) is 2.28. The summed E-state index contributed by atoms with van der Waals surface area (Å²) in [7, 11) is 1.84. The fraction of sp³-hybridized carbons (Fsp3) is 0.500. The maximum Gasteiger partial charge on any atom is 0.228 e. The highest BCUT2D eigenvalue weighted by Gasteiger charge is 2.25. The summed E-state index contributed by atoms with van der Waals surface area (Å²) in [5, 5.41) is 0. The Labute approximate surface area is 122 Å². The number of fused-ring (bicyclic) bond motifs is 1. The van der Waals surface area contributed by atoms with Crippen LogP contribution in [0.1, 0.15) is 18.4 Å². The summed E-state index contributed by atoms with van der Waals surface area (Å²) in [6.07, 6.45) is 1.48. The minimum atomic E-state index is 0.154. The fourth-order valence-electron chi connectivity index (χ4n) is 2.45. The molecule has 0 aliphatic carbocycles. The molecule has 1 aliphatic heterocycles. The van der Waals surface area contributed by atoms with Gasteiger partial charge in [0.2, 0.25) is 5.91 Å². The van der Waals surface area contributed by atoms with E-state index in [1.807, 2.05) is 7.05 Å². The van der Waals surface area contributed by atoms with E-state index >= 15 is 0 Å². The van der Waals surface area contributed by atoms with Crippen molar-refractivity contribution >= 4 is 33.2 Å². The molecule has 0 radical (unpaired) electrons. The molecule has 0 saturated heterocycles. The number of halogens is 1. The number of carbonyl (C=O) groups is 1. The van der Waals surface area contributed by atoms with Crippen LogP contribution in [-0.4, -0.2) is 32.6 Å². The molecule has 0 atom stereocenters. The minimum Gasteiger partial charge on any atom is -0.369 e. The van der Waals surface area contributed by atoms with Gasteiger partial charge in [0.05, 0.1) is 11.4 Å². The van der Waals surface area contributed by atoms with Crippen molar-refractivity contribution in [3.63, 3.8) is 0 Å². The second kappa shape index (κ2) is 5.92. The van der Waals surface area contributed by atoms with E-state index in [1.165, 1.54) is 5.56 Å². The Balaban J connectivity index is 2.48. The van der Waals surface area contributed by atoms with Crippen LogP contribution in [0.2, 0.25) is 0 Å². The number of rotatable bonds is 3. The lowest BCUT2D eigenvalue weighted by atomic mass is 10.1. The molecular weight excluding hydrogens is 306 g/mol. The van der Waals surface area contributed by atoms with E-state index in [0.29, 0.717) is 13.0 Å². The Morgan fingerprint density at radius 3 is 2.84 bits per heavy atom. The molecule has 104 valence electrons. The third-order valence-corrected chi connectivity index (χ3v) is 4.07. The molecule has 0 bridgehead atoms. The number of aryl methyl sites for hydroxylation is 1. The molecule has 2 N–H and O–H groups in total. The summed E-state index contributed by atoms with van der Waals surface area (Å²) in [6, 6.07) is 4.20. The quantitative estimate of drug-likeness (QED) is 0.927. The summed E-state index contributed by atoms with van der Waals surface area (Å²) in [5.41, 5.74) is 8.87. The number of hydrogen-bond donors (Lipinski definition) is 1. The van der Waals surface area contributed by atoms with Crippen molar-refractivity contribution in [2.24, 2.45) is 5.73 Å². The average Bonchev–Trinajstić information content (AvgIpc) is 2.47. The zero-order chi connectivity index (χ0) is 14.0. The smallest absolute Gasteiger partial charge is 0.228 e. The largest absolute Gasteiger partial charge is 0.369 e. The van der Waals surface area contributed by atoms with Crippen molar-refractivity contribution in [3.8, 4) is 0 Å².